The Balaban J connectivity index is 1.05. The minimum atomic E-state index is -0.672. The zero-order valence-corrected chi connectivity index (χ0v) is 26.8. The number of imidazole rings is 2. The van der Waals surface area contributed by atoms with Crippen LogP contribution in [0.4, 0.5) is 4.79 Å². The van der Waals surface area contributed by atoms with Crippen LogP contribution in [0, 0.1) is 5.92 Å². The van der Waals surface area contributed by atoms with E-state index in [2.05, 4.69) is 36.6 Å². The summed E-state index contributed by atoms with van der Waals surface area (Å²) in [5.74, 6) is 1.49. The highest BCUT2D eigenvalue weighted by Crippen LogP contribution is 2.33. The number of amides is 2. The number of fused-ring (bicyclic) bond motifs is 1. The Labute approximate surface area is 272 Å². The van der Waals surface area contributed by atoms with Gasteiger partial charge in [0.15, 0.2) is 0 Å². The summed E-state index contributed by atoms with van der Waals surface area (Å²) in [6, 6.07) is 13.6. The first-order valence-corrected chi connectivity index (χ1v) is 16.2. The molecule has 5 heterocycles. The van der Waals surface area contributed by atoms with Gasteiger partial charge < -0.3 is 30.2 Å². The smallest absolute Gasteiger partial charge is 0.407 e. The minimum Gasteiger partial charge on any atom is -0.453 e. The van der Waals surface area contributed by atoms with Crippen molar-refractivity contribution in [1.29, 1.82) is 0 Å². The van der Waals surface area contributed by atoms with Gasteiger partial charge in [0, 0.05) is 17.7 Å². The number of methoxy groups -OCH3 is 1. The number of hydrogen-bond acceptors (Lipinski definition) is 8. The van der Waals surface area contributed by atoms with E-state index in [-0.39, 0.29) is 17.9 Å². The number of nitrogens with one attached hydrogen (secondary N) is 4. The molecule has 0 aliphatic carbocycles. The molecule has 2 saturated heterocycles. The van der Waals surface area contributed by atoms with E-state index in [4.69, 9.17) is 14.7 Å². The van der Waals surface area contributed by atoms with Gasteiger partial charge in [0.2, 0.25) is 5.91 Å². The van der Waals surface area contributed by atoms with Crippen molar-refractivity contribution in [2.45, 2.75) is 57.7 Å². The molecule has 2 amide bonds. The third-order valence-corrected chi connectivity index (χ3v) is 9.17. The van der Waals surface area contributed by atoms with E-state index in [0.717, 1.165) is 82.3 Å². The van der Waals surface area contributed by atoms with E-state index in [0.29, 0.717) is 12.6 Å². The molecular formula is C35H39N9O3. The molecule has 0 spiro atoms. The predicted octanol–water partition coefficient (Wildman–Crippen LogP) is 5.55. The molecule has 0 radical (unpaired) electrons. The predicted molar refractivity (Wildman–Crippen MR) is 178 cm³/mol. The molecule has 7 rings (SSSR count). The van der Waals surface area contributed by atoms with Crippen LogP contribution in [0.1, 0.15) is 63.3 Å². The second kappa shape index (κ2) is 13.0. The zero-order chi connectivity index (χ0) is 32.5. The quantitative estimate of drug-likeness (QED) is 0.174. The molecule has 2 aliphatic rings. The second-order valence-corrected chi connectivity index (χ2v) is 12.6. The Bertz CT molecular complexity index is 1890. The van der Waals surface area contributed by atoms with Gasteiger partial charge >= 0.3 is 6.09 Å². The van der Waals surface area contributed by atoms with Crippen LogP contribution >= 0.6 is 0 Å². The van der Waals surface area contributed by atoms with Gasteiger partial charge in [-0.25, -0.2) is 19.7 Å². The van der Waals surface area contributed by atoms with Gasteiger partial charge in [-0.05, 0) is 55.8 Å². The Kier molecular flexibility index (Phi) is 8.42. The first-order valence-electron chi connectivity index (χ1n) is 16.2. The number of benzene rings is 2. The summed E-state index contributed by atoms with van der Waals surface area (Å²) in [6.45, 7) is 5.45. The van der Waals surface area contributed by atoms with Crippen molar-refractivity contribution in [3.63, 3.8) is 0 Å². The van der Waals surface area contributed by atoms with Gasteiger partial charge in [0.25, 0.3) is 0 Å². The molecule has 12 nitrogen and oxygen atoms in total. The molecule has 3 atom stereocenters. The number of aromatic amines is 2. The fraction of sp³-hybridized carbons (Fsp3) is 0.371. The lowest BCUT2D eigenvalue weighted by molar-refractivity contribution is -0.135. The van der Waals surface area contributed by atoms with Gasteiger partial charge in [-0.1, -0.05) is 44.2 Å². The summed E-state index contributed by atoms with van der Waals surface area (Å²) in [5.41, 5.74) is 7.23. The Hall–Kier alpha value is -5.10. The zero-order valence-electron chi connectivity index (χ0n) is 26.8. The van der Waals surface area contributed by atoms with E-state index < -0.39 is 12.1 Å². The summed E-state index contributed by atoms with van der Waals surface area (Å²) < 4.78 is 4.75. The van der Waals surface area contributed by atoms with Crippen LogP contribution in [0.3, 0.4) is 0 Å². The molecule has 12 heteroatoms. The first-order chi connectivity index (χ1) is 22.9. The van der Waals surface area contributed by atoms with E-state index >= 15 is 0 Å². The van der Waals surface area contributed by atoms with E-state index in [1.54, 1.807) is 12.4 Å². The third-order valence-electron chi connectivity index (χ3n) is 9.17. The van der Waals surface area contributed by atoms with E-state index in [1.165, 1.54) is 13.5 Å². The van der Waals surface area contributed by atoms with Gasteiger partial charge in [0.05, 0.1) is 65.9 Å². The SMILES string of the molecule is COC(=O)N[C@H](C(=O)N1CCC[C@H]1c1ncc(-c2ccc(-c3cnc4cc(-c5cnc([C@@H]6CCCN6)[nH]5)ccc4n3)cc2)[nH]1)C(C)C. The number of ether oxygens (including phenoxy) is 1. The highest BCUT2D eigenvalue weighted by atomic mass is 16.5. The lowest BCUT2D eigenvalue weighted by Gasteiger charge is -2.30. The number of H-pyrrole nitrogens is 2. The van der Waals surface area contributed by atoms with Crippen LogP contribution in [-0.2, 0) is 9.53 Å². The Morgan fingerprint density at radius 1 is 0.872 bits per heavy atom. The van der Waals surface area contributed by atoms with Crippen LogP contribution in [0.5, 0.6) is 0 Å². The number of aromatic nitrogens is 6. The van der Waals surface area contributed by atoms with Crippen LogP contribution in [0.2, 0.25) is 0 Å². The van der Waals surface area contributed by atoms with Crippen molar-refractivity contribution in [1.82, 2.24) is 45.4 Å². The summed E-state index contributed by atoms with van der Waals surface area (Å²) >= 11 is 0. The molecular weight excluding hydrogens is 594 g/mol. The van der Waals surface area contributed by atoms with Crippen molar-refractivity contribution in [3.8, 4) is 33.8 Å². The Morgan fingerprint density at radius 2 is 1.60 bits per heavy atom. The molecule has 242 valence electrons. The van der Waals surface area contributed by atoms with Crippen molar-refractivity contribution in [2.24, 2.45) is 5.92 Å². The van der Waals surface area contributed by atoms with Crippen molar-refractivity contribution >= 4 is 23.0 Å². The average Bonchev–Trinajstić information content (AvgIpc) is 3.93. The van der Waals surface area contributed by atoms with Crippen molar-refractivity contribution in [3.05, 3.63) is 72.7 Å². The largest absolute Gasteiger partial charge is 0.453 e. The molecule has 47 heavy (non-hydrogen) atoms. The van der Waals surface area contributed by atoms with E-state index in [1.807, 2.05) is 61.3 Å². The van der Waals surface area contributed by atoms with E-state index in [9.17, 15) is 9.59 Å². The van der Waals surface area contributed by atoms with Crippen LogP contribution in [0.25, 0.3) is 44.8 Å². The summed E-state index contributed by atoms with van der Waals surface area (Å²) in [5, 5.41) is 6.18. The lowest BCUT2D eigenvalue weighted by atomic mass is 10.0. The number of likely N-dealkylation sites (tertiary alicyclic amines) is 1. The third kappa shape index (κ3) is 6.20. The molecule has 0 bridgehead atoms. The van der Waals surface area contributed by atoms with Gasteiger partial charge in [-0.3, -0.25) is 9.78 Å². The summed E-state index contributed by atoms with van der Waals surface area (Å²) in [7, 11) is 1.30. The number of carbonyl (C=O) groups is 2. The highest BCUT2D eigenvalue weighted by molar-refractivity contribution is 5.86. The maximum Gasteiger partial charge on any atom is 0.407 e. The molecule has 5 aromatic rings. The van der Waals surface area contributed by atoms with Crippen LogP contribution in [-0.4, -0.2) is 73.0 Å². The standard InChI is InChI=1S/C35H39N9O3/c1-20(2)31(43-35(46)47-3)34(45)44-15-5-7-30(44)33-39-18-28(42-33)22-10-8-21(9-11-22)27-17-37-26-16-23(12-13-24(26)40-27)29-19-38-32(41-29)25-6-4-14-36-25/h8-13,16-20,25,30-31,36H,4-7,14-15H2,1-3H3,(H,38,41)(H,39,42)(H,43,46)/t25-,30-,31-/m0/s1. The van der Waals surface area contributed by atoms with Gasteiger partial charge in [-0.15, -0.1) is 0 Å². The number of hydrogen-bond donors (Lipinski definition) is 4. The van der Waals surface area contributed by atoms with Crippen molar-refractivity contribution < 1.29 is 14.3 Å². The number of nitrogens with zero attached hydrogens (tertiary/aromatic N) is 5. The second-order valence-electron chi connectivity index (χ2n) is 12.6. The van der Waals surface area contributed by atoms with Crippen LogP contribution in [0.15, 0.2) is 61.1 Å². The summed E-state index contributed by atoms with van der Waals surface area (Å²) in [4.78, 5) is 53.0. The minimum absolute atomic E-state index is 0.0901. The van der Waals surface area contributed by atoms with Crippen molar-refractivity contribution in [2.75, 3.05) is 20.2 Å². The molecule has 4 N–H and O–H groups in total. The average molecular weight is 634 g/mol. The number of carbonyl (C=O) groups excluding carboxylic acids is 2. The monoisotopic (exact) mass is 633 g/mol. The van der Waals surface area contributed by atoms with Gasteiger partial charge in [-0.2, -0.15) is 0 Å². The molecule has 2 fully saturated rings. The van der Waals surface area contributed by atoms with Gasteiger partial charge in [0.1, 0.15) is 17.7 Å². The lowest BCUT2D eigenvalue weighted by Crippen LogP contribution is -2.51. The molecule has 0 unspecified atom stereocenters. The molecule has 2 aromatic carbocycles. The van der Waals surface area contributed by atoms with Crippen LogP contribution < -0.4 is 10.6 Å². The summed E-state index contributed by atoms with van der Waals surface area (Å²) in [6.07, 6.45) is 8.81. The topological polar surface area (TPSA) is 154 Å². The maximum absolute atomic E-state index is 13.5. The normalized spacial score (nSPS) is 18.6. The highest BCUT2D eigenvalue weighted by Gasteiger charge is 2.37. The molecule has 2 aliphatic heterocycles. The maximum atomic E-state index is 13.5. The molecule has 3 aromatic heterocycles. The fourth-order valence-corrected chi connectivity index (χ4v) is 6.56. The number of alkyl carbamates (subject to hydrolysis) is 1. The number of rotatable bonds is 8. The molecule has 0 saturated carbocycles. The Morgan fingerprint density at radius 3 is 2.34 bits per heavy atom. The fourth-order valence-electron chi connectivity index (χ4n) is 6.56. The first kappa shape index (κ1) is 30.5.